The van der Waals surface area contributed by atoms with Crippen LogP contribution in [0.15, 0.2) is 56.8 Å². The molecule has 0 radical (unpaired) electrons. The highest BCUT2D eigenvalue weighted by Gasteiger charge is 2.32. The van der Waals surface area contributed by atoms with Gasteiger partial charge in [-0.15, -0.1) is 0 Å². The Balaban J connectivity index is 1.98. The molecular formula is C21H19BrN2O4S. The first-order valence-electron chi connectivity index (χ1n) is 8.98. The number of carbonyl (C=O) groups is 2. The van der Waals surface area contributed by atoms with Gasteiger partial charge in [-0.25, -0.2) is 9.79 Å². The third-order valence-corrected chi connectivity index (χ3v) is 5.58. The average Bonchev–Trinajstić information content (AvgIpc) is 2.98. The number of aromatic carboxylic acids is 1. The number of ether oxygens (including phenoxy) is 1. The van der Waals surface area contributed by atoms with Crippen molar-refractivity contribution in [2.45, 2.75) is 13.8 Å². The number of benzene rings is 2. The first kappa shape index (κ1) is 21.1. The van der Waals surface area contributed by atoms with Crippen molar-refractivity contribution >= 4 is 56.5 Å². The lowest BCUT2D eigenvalue weighted by Gasteiger charge is -2.12. The number of likely N-dealkylation sites (N-methyl/N-ethyl adjacent to an activating group) is 1. The first-order chi connectivity index (χ1) is 13.9. The molecule has 1 saturated heterocycles. The zero-order valence-corrected chi connectivity index (χ0v) is 18.3. The van der Waals surface area contributed by atoms with Crippen LogP contribution < -0.4 is 4.74 Å². The Kier molecular flexibility index (Phi) is 6.76. The van der Waals surface area contributed by atoms with E-state index >= 15 is 0 Å². The highest BCUT2D eigenvalue weighted by molar-refractivity contribution is 9.10. The van der Waals surface area contributed by atoms with Crippen LogP contribution >= 0.6 is 27.7 Å². The van der Waals surface area contributed by atoms with Gasteiger partial charge in [-0.3, -0.25) is 9.69 Å². The minimum atomic E-state index is -1.02. The zero-order chi connectivity index (χ0) is 21.0. The maximum Gasteiger partial charge on any atom is 0.335 e. The Morgan fingerprint density at radius 2 is 2.07 bits per heavy atom. The van der Waals surface area contributed by atoms with Gasteiger partial charge in [-0.1, -0.05) is 22.0 Å². The summed E-state index contributed by atoms with van der Waals surface area (Å²) in [4.78, 5) is 30.7. The molecule has 1 aliphatic heterocycles. The van der Waals surface area contributed by atoms with Crippen molar-refractivity contribution in [3.63, 3.8) is 0 Å². The Labute approximate surface area is 181 Å². The van der Waals surface area contributed by atoms with Gasteiger partial charge in [0.2, 0.25) is 0 Å². The summed E-state index contributed by atoms with van der Waals surface area (Å²) in [6.07, 6.45) is 1.79. The van der Waals surface area contributed by atoms with Crippen molar-refractivity contribution < 1.29 is 19.4 Å². The molecule has 0 unspecified atom stereocenters. The van der Waals surface area contributed by atoms with Crippen molar-refractivity contribution in [3.8, 4) is 5.75 Å². The van der Waals surface area contributed by atoms with E-state index in [0.717, 1.165) is 10.0 Å². The predicted molar refractivity (Wildman–Crippen MR) is 119 cm³/mol. The molecule has 0 bridgehead atoms. The van der Waals surface area contributed by atoms with Crippen LogP contribution in [0.25, 0.3) is 6.08 Å². The molecule has 0 saturated carbocycles. The molecule has 3 rings (SSSR count). The Morgan fingerprint density at radius 3 is 2.76 bits per heavy atom. The summed E-state index contributed by atoms with van der Waals surface area (Å²) in [7, 11) is 0. The number of aliphatic imine (C=N–C) groups is 1. The number of amidine groups is 1. The van der Waals surface area contributed by atoms with E-state index in [1.165, 1.54) is 23.9 Å². The smallest absolute Gasteiger partial charge is 0.335 e. The summed E-state index contributed by atoms with van der Waals surface area (Å²) in [5.41, 5.74) is 1.43. The van der Waals surface area contributed by atoms with Crippen LogP contribution in [0.4, 0.5) is 5.69 Å². The van der Waals surface area contributed by atoms with Gasteiger partial charge in [-0.2, -0.15) is 0 Å². The van der Waals surface area contributed by atoms with Gasteiger partial charge in [0.1, 0.15) is 5.75 Å². The molecule has 0 aromatic heterocycles. The fourth-order valence-electron chi connectivity index (χ4n) is 2.75. The molecule has 0 aliphatic carbocycles. The van der Waals surface area contributed by atoms with E-state index in [-0.39, 0.29) is 11.5 Å². The first-order valence-corrected chi connectivity index (χ1v) is 10.6. The molecule has 150 valence electrons. The maximum absolute atomic E-state index is 12.9. The lowest BCUT2D eigenvalue weighted by molar-refractivity contribution is -0.122. The van der Waals surface area contributed by atoms with E-state index in [0.29, 0.717) is 34.7 Å². The van der Waals surface area contributed by atoms with Crippen LogP contribution in [0.1, 0.15) is 29.8 Å². The minimum absolute atomic E-state index is 0.145. The number of amides is 1. The van der Waals surface area contributed by atoms with Gasteiger partial charge in [0.25, 0.3) is 5.91 Å². The number of carboxylic acids is 1. The van der Waals surface area contributed by atoms with Gasteiger partial charge < -0.3 is 9.84 Å². The molecule has 8 heteroatoms. The molecule has 1 heterocycles. The van der Waals surface area contributed by atoms with E-state index in [2.05, 4.69) is 20.9 Å². The zero-order valence-electron chi connectivity index (χ0n) is 15.9. The quantitative estimate of drug-likeness (QED) is 0.584. The lowest BCUT2D eigenvalue weighted by atomic mass is 10.2. The maximum atomic E-state index is 12.9. The molecule has 1 N–H and O–H groups in total. The molecule has 2 aromatic carbocycles. The standard InChI is InChI=1S/C21H19BrN2O4S/c1-3-24-19(25)18(12-14-10-15(22)8-9-17(14)28-4-2)29-21(24)23-16-7-5-6-13(11-16)20(26)27/h5-12H,3-4H2,1-2H3,(H,26,27)/b18-12-,23-21?. The number of thioether (sulfide) groups is 1. The van der Waals surface area contributed by atoms with Crippen LogP contribution in [0, 0.1) is 0 Å². The highest BCUT2D eigenvalue weighted by atomic mass is 79.9. The second kappa shape index (κ2) is 9.28. The molecule has 2 aromatic rings. The van der Waals surface area contributed by atoms with Crippen molar-refractivity contribution in [1.29, 1.82) is 0 Å². The van der Waals surface area contributed by atoms with E-state index < -0.39 is 5.97 Å². The summed E-state index contributed by atoms with van der Waals surface area (Å²) in [6, 6.07) is 12.0. The average molecular weight is 475 g/mol. The summed E-state index contributed by atoms with van der Waals surface area (Å²) in [5.74, 6) is -0.472. The second-order valence-electron chi connectivity index (χ2n) is 6.03. The Bertz CT molecular complexity index is 1020. The molecule has 1 amide bonds. The third-order valence-electron chi connectivity index (χ3n) is 4.08. The normalized spacial score (nSPS) is 16.7. The fourth-order valence-corrected chi connectivity index (χ4v) is 4.18. The number of rotatable bonds is 6. The van der Waals surface area contributed by atoms with Crippen molar-refractivity contribution in [2.24, 2.45) is 4.99 Å². The van der Waals surface area contributed by atoms with Gasteiger partial charge >= 0.3 is 5.97 Å². The predicted octanol–water partition coefficient (Wildman–Crippen LogP) is 5.17. The summed E-state index contributed by atoms with van der Waals surface area (Å²) >= 11 is 4.71. The number of hydrogen-bond donors (Lipinski definition) is 1. The van der Waals surface area contributed by atoms with E-state index in [9.17, 15) is 9.59 Å². The Morgan fingerprint density at radius 1 is 1.28 bits per heavy atom. The van der Waals surface area contributed by atoms with Crippen LogP contribution in [0.2, 0.25) is 0 Å². The molecule has 1 aliphatic rings. The second-order valence-corrected chi connectivity index (χ2v) is 7.95. The highest BCUT2D eigenvalue weighted by Crippen LogP contribution is 2.36. The molecule has 0 spiro atoms. The van der Waals surface area contributed by atoms with E-state index in [4.69, 9.17) is 9.84 Å². The van der Waals surface area contributed by atoms with Crippen LogP contribution in [0.5, 0.6) is 5.75 Å². The largest absolute Gasteiger partial charge is 0.493 e. The summed E-state index contributed by atoms with van der Waals surface area (Å²) in [6.45, 7) is 4.75. The number of carbonyl (C=O) groups excluding carboxylic acids is 1. The summed E-state index contributed by atoms with van der Waals surface area (Å²) in [5, 5.41) is 9.68. The molecule has 29 heavy (non-hydrogen) atoms. The van der Waals surface area contributed by atoms with Crippen molar-refractivity contribution in [1.82, 2.24) is 4.90 Å². The van der Waals surface area contributed by atoms with Gasteiger partial charge in [0.15, 0.2) is 5.17 Å². The van der Waals surface area contributed by atoms with E-state index in [1.807, 2.05) is 32.0 Å². The number of hydrogen-bond acceptors (Lipinski definition) is 5. The molecule has 1 fully saturated rings. The molecule has 6 nitrogen and oxygen atoms in total. The molecular weight excluding hydrogens is 456 g/mol. The Hall–Kier alpha value is -2.58. The molecule has 0 atom stereocenters. The SMILES string of the molecule is CCOc1ccc(Br)cc1/C=C1\SC(=Nc2cccc(C(=O)O)c2)N(CC)C1=O. The third kappa shape index (κ3) is 4.89. The lowest BCUT2D eigenvalue weighted by Crippen LogP contribution is -2.28. The monoisotopic (exact) mass is 474 g/mol. The number of halogens is 1. The minimum Gasteiger partial charge on any atom is -0.493 e. The summed E-state index contributed by atoms with van der Waals surface area (Å²) < 4.78 is 6.55. The number of nitrogens with zero attached hydrogens (tertiary/aromatic N) is 2. The van der Waals surface area contributed by atoms with Gasteiger partial charge in [-0.05, 0) is 68.1 Å². The van der Waals surface area contributed by atoms with Crippen LogP contribution in [-0.4, -0.2) is 40.2 Å². The number of carboxylic acid groups (broad SMARTS) is 1. The van der Waals surface area contributed by atoms with Crippen molar-refractivity contribution in [3.05, 3.63) is 63.0 Å². The van der Waals surface area contributed by atoms with Crippen LogP contribution in [0.3, 0.4) is 0 Å². The topological polar surface area (TPSA) is 79.2 Å². The van der Waals surface area contributed by atoms with Gasteiger partial charge in [0.05, 0.1) is 22.8 Å². The van der Waals surface area contributed by atoms with Crippen molar-refractivity contribution in [2.75, 3.05) is 13.2 Å². The van der Waals surface area contributed by atoms with Crippen LogP contribution in [-0.2, 0) is 4.79 Å². The van der Waals surface area contributed by atoms with E-state index in [1.54, 1.807) is 23.1 Å². The van der Waals surface area contributed by atoms with Gasteiger partial charge in [0, 0.05) is 16.6 Å². The fraction of sp³-hybridized carbons (Fsp3) is 0.190.